The molecule has 1 N–H and O–H groups in total. The summed E-state index contributed by atoms with van der Waals surface area (Å²) >= 11 is 0. The Balaban J connectivity index is 3.08. The first-order valence-corrected chi connectivity index (χ1v) is 6.17. The average Bonchev–Trinajstić information content (AvgIpc) is 2.45. The van der Waals surface area contributed by atoms with E-state index in [0.717, 1.165) is 5.71 Å². The number of hydrogen-bond donors (Lipinski definition) is 1. The molecule has 0 bridgehead atoms. The summed E-state index contributed by atoms with van der Waals surface area (Å²) in [5, 5.41) is 9.54. The zero-order valence-electron chi connectivity index (χ0n) is 12.1. The predicted octanol–water partition coefficient (Wildman–Crippen LogP) is 1.22. The van der Waals surface area contributed by atoms with Crippen molar-refractivity contribution in [2.24, 2.45) is 10.3 Å². The van der Waals surface area contributed by atoms with Crippen LogP contribution in [0.1, 0.15) is 25.0 Å². The summed E-state index contributed by atoms with van der Waals surface area (Å²) in [4.78, 5) is 32.1. The van der Waals surface area contributed by atoms with E-state index >= 15 is 0 Å². The number of oxime groups is 2. The number of carbonyl (C=O) groups excluding carboxylic acids is 2. The summed E-state index contributed by atoms with van der Waals surface area (Å²) in [6, 6.07) is 7.00. The van der Waals surface area contributed by atoms with Gasteiger partial charge in [-0.15, -0.1) is 0 Å². The third kappa shape index (κ3) is 5.06. The zero-order chi connectivity index (χ0) is 15.7. The van der Waals surface area contributed by atoms with Crippen LogP contribution in [0.3, 0.4) is 0 Å². The van der Waals surface area contributed by atoms with Gasteiger partial charge in [-0.1, -0.05) is 34.6 Å². The molecule has 0 aliphatic carbocycles. The van der Waals surface area contributed by atoms with Gasteiger partial charge in [-0.3, -0.25) is 14.9 Å². The van der Waals surface area contributed by atoms with Crippen LogP contribution in [0.5, 0.6) is 0 Å². The lowest BCUT2D eigenvalue weighted by Gasteiger charge is -2.09. The lowest BCUT2D eigenvalue weighted by atomic mass is 10.0. The highest BCUT2D eigenvalue weighted by molar-refractivity contribution is 6.46. The Hall–Kier alpha value is -2.70. The molecule has 0 aromatic heterocycles. The van der Waals surface area contributed by atoms with Gasteiger partial charge in [0, 0.05) is 11.1 Å². The standard InChI is InChI=1S/C14H17N3O4/c1-10(2)16-21-8-11-6-4-5-7-12(11)13(17-20-3)14(19)15-9-18/h4-7,9H,8H2,1-3H3,(H,15,18,19)/b17-13+. The van der Waals surface area contributed by atoms with E-state index in [1.807, 2.05) is 5.32 Å². The Labute approximate surface area is 122 Å². The van der Waals surface area contributed by atoms with Crippen molar-refractivity contribution in [3.05, 3.63) is 35.4 Å². The lowest BCUT2D eigenvalue weighted by molar-refractivity contribution is -0.120. The van der Waals surface area contributed by atoms with Gasteiger partial charge in [-0.25, -0.2) is 0 Å². The van der Waals surface area contributed by atoms with Crippen molar-refractivity contribution in [2.75, 3.05) is 7.11 Å². The highest BCUT2D eigenvalue weighted by atomic mass is 16.6. The summed E-state index contributed by atoms with van der Waals surface area (Å²) in [5.41, 5.74) is 1.96. The van der Waals surface area contributed by atoms with E-state index in [1.165, 1.54) is 7.11 Å². The van der Waals surface area contributed by atoms with Gasteiger partial charge in [0.2, 0.25) is 6.41 Å². The van der Waals surface area contributed by atoms with Crippen LogP contribution in [0, 0.1) is 0 Å². The molecular weight excluding hydrogens is 274 g/mol. The smallest absolute Gasteiger partial charge is 0.280 e. The van der Waals surface area contributed by atoms with Crippen LogP contribution in [0.25, 0.3) is 0 Å². The molecule has 0 saturated carbocycles. The molecule has 0 heterocycles. The van der Waals surface area contributed by atoms with E-state index in [4.69, 9.17) is 4.84 Å². The van der Waals surface area contributed by atoms with E-state index in [-0.39, 0.29) is 18.7 Å². The minimum atomic E-state index is -0.658. The summed E-state index contributed by atoms with van der Waals surface area (Å²) < 4.78 is 0. The molecule has 0 atom stereocenters. The summed E-state index contributed by atoms with van der Waals surface area (Å²) in [7, 11) is 1.32. The number of carbonyl (C=O) groups is 2. The number of imide groups is 1. The molecule has 1 rings (SSSR count). The average molecular weight is 291 g/mol. The second kappa shape index (κ2) is 8.47. The first-order valence-electron chi connectivity index (χ1n) is 6.17. The van der Waals surface area contributed by atoms with Gasteiger partial charge in [0.15, 0.2) is 5.71 Å². The molecule has 21 heavy (non-hydrogen) atoms. The van der Waals surface area contributed by atoms with Crippen LogP contribution in [0.4, 0.5) is 0 Å². The fraction of sp³-hybridized carbons (Fsp3) is 0.286. The predicted molar refractivity (Wildman–Crippen MR) is 77.8 cm³/mol. The molecule has 2 amide bonds. The molecule has 7 nitrogen and oxygen atoms in total. The first-order chi connectivity index (χ1) is 10.1. The van der Waals surface area contributed by atoms with E-state index < -0.39 is 5.91 Å². The maximum Gasteiger partial charge on any atom is 0.280 e. The highest BCUT2D eigenvalue weighted by Crippen LogP contribution is 2.12. The fourth-order valence-electron chi connectivity index (χ4n) is 1.53. The van der Waals surface area contributed by atoms with E-state index in [2.05, 4.69) is 15.1 Å². The van der Waals surface area contributed by atoms with Gasteiger partial charge in [0.25, 0.3) is 5.91 Å². The van der Waals surface area contributed by atoms with Crippen LogP contribution in [-0.4, -0.2) is 30.9 Å². The van der Waals surface area contributed by atoms with Crippen molar-refractivity contribution >= 4 is 23.7 Å². The third-order valence-electron chi connectivity index (χ3n) is 2.33. The Morgan fingerprint density at radius 3 is 2.62 bits per heavy atom. The van der Waals surface area contributed by atoms with Crippen molar-refractivity contribution in [3.63, 3.8) is 0 Å². The second-order valence-corrected chi connectivity index (χ2v) is 4.18. The molecule has 0 fully saturated rings. The van der Waals surface area contributed by atoms with Gasteiger partial charge in [-0.2, -0.15) is 0 Å². The summed E-state index contributed by atoms with van der Waals surface area (Å²) in [5.74, 6) is -0.658. The molecule has 1 aromatic rings. The Morgan fingerprint density at radius 1 is 1.29 bits per heavy atom. The quantitative estimate of drug-likeness (QED) is 0.464. The van der Waals surface area contributed by atoms with Gasteiger partial charge in [0.05, 0.1) is 5.71 Å². The number of nitrogens with one attached hydrogen (secondary N) is 1. The van der Waals surface area contributed by atoms with Crippen molar-refractivity contribution in [1.82, 2.24) is 5.32 Å². The first kappa shape index (κ1) is 16.4. The van der Waals surface area contributed by atoms with Crippen LogP contribution in [-0.2, 0) is 25.9 Å². The summed E-state index contributed by atoms with van der Waals surface area (Å²) in [6.07, 6.45) is 0.289. The van der Waals surface area contributed by atoms with Crippen LogP contribution in [0.2, 0.25) is 0 Å². The number of amides is 2. The maximum absolute atomic E-state index is 11.8. The van der Waals surface area contributed by atoms with Gasteiger partial charge in [0.1, 0.15) is 13.7 Å². The summed E-state index contributed by atoms with van der Waals surface area (Å²) in [6.45, 7) is 3.78. The molecule has 0 spiro atoms. The van der Waals surface area contributed by atoms with E-state index in [9.17, 15) is 9.59 Å². The van der Waals surface area contributed by atoms with Crippen molar-refractivity contribution in [2.45, 2.75) is 20.5 Å². The number of hydrogen-bond acceptors (Lipinski definition) is 6. The third-order valence-corrected chi connectivity index (χ3v) is 2.33. The lowest BCUT2D eigenvalue weighted by Crippen LogP contribution is -2.31. The molecule has 1 aromatic carbocycles. The number of rotatable bonds is 7. The number of nitrogens with zero attached hydrogens (tertiary/aromatic N) is 2. The second-order valence-electron chi connectivity index (χ2n) is 4.18. The Morgan fingerprint density at radius 2 is 2.00 bits per heavy atom. The van der Waals surface area contributed by atoms with Crippen molar-refractivity contribution < 1.29 is 19.3 Å². The normalized spacial score (nSPS) is 10.5. The van der Waals surface area contributed by atoms with Crippen molar-refractivity contribution in [3.8, 4) is 0 Å². The zero-order valence-corrected chi connectivity index (χ0v) is 12.1. The monoisotopic (exact) mass is 291 g/mol. The number of benzene rings is 1. The molecule has 0 saturated heterocycles. The minimum Gasteiger partial charge on any atom is -0.398 e. The van der Waals surface area contributed by atoms with E-state index in [0.29, 0.717) is 11.1 Å². The fourth-order valence-corrected chi connectivity index (χ4v) is 1.53. The van der Waals surface area contributed by atoms with Gasteiger partial charge in [-0.05, 0) is 13.8 Å². The largest absolute Gasteiger partial charge is 0.398 e. The Kier molecular flexibility index (Phi) is 6.59. The van der Waals surface area contributed by atoms with Gasteiger partial charge >= 0.3 is 0 Å². The van der Waals surface area contributed by atoms with E-state index in [1.54, 1.807) is 38.1 Å². The Bertz CT molecular complexity index is 563. The minimum absolute atomic E-state index is 0.0130. The molecule has 0 unspecified atom stereocenters. The topological polar surface area (TPSA) is 89.3 Å². The maximum atomic E-state index is 11.8. The van der Waals surface area contributed by atoms with Crippen LogP contribution >= 0.6 is 0 Å². The molecule has 0 aliphatic rings. The highest BCUT2D eigenvalue weighted by Gasteiger charge is 2.18. The molecular formula is C14H17N3O4. The molecule has 7 heteroatoms. The molecule has 0 aliphatic heterocycles. The van der Waals surface area contributed by atoms with Gasteiger partial charge < -0.3 is 9.68 Å². The van der Waals surface area contributed by atoms with Crippen LogP contribution in [0.15, 0.2) is 34.6 Å². The molecule has 112 valence electrons. The van der Waals surface area contributed by atoms with Crippen LogP contribution < -0.4 is 5.32 Å². The molecule has 0 radical (unpaired) electrons. The van der Waals surface area contributed by atoms with Crippen molar-refractivity contribution in [1.29, 1.82) is 0 Å². The SMILES string of the molecule is CO/N=C(/C(=O)NC=O)c1ccccc1CON=C(C)C.